The van der Waals surface area contributed by atoms with Gasteiger partial charge in [0.1, 0.15) is 11.5 Å². The molecule has 3 rings (SSSR count). The summed E-state index contributed by atoms with van der Waals surface area (Å²) in [5, 5.41) is 10.5. The predicted octanol–water partition coefficient (Wildman–Crippen LogP) is 4.34. The lowest BCUT2D eigenvalue weighted by Crippen LogP contribution is -2.18. The van der Waals surface area contributed by atoms with Crippen LogP contribution in [0.1, 0.15) is 41.3 Å². The van der Waals surface area contributed by atoms with E-state index in [9.17, 15) is 17.6 Å². The SMILES string of the molecule is CCCCS(=O)(=O)Nc1ccc(F)c(C(=O)c2c[nH]c3ncc(/C(C=N)=C/NC)cc23)c1Cl. The molecule has 0 radical (unpaired) electrons. The highest BCUT2D eigenvalue weighted by Crippen LogP contribution is 2.33. The number of carbonyl (C=O) groups is 1. The van der Waals surface area contributed by atoms with Crippen molar-refractivity contribution in [3.8, 4) is 0 Å². The van der Waals surface area contributed by atoms with Gasteiger partial charge >= 0.3 is 0 Å². The fourth-order valence-electron chi connectivity index (χ4n) is 3.24. The molecule has 0 fully saturated rings. The first-order chi connectivity index (χ1) is 15.7. The number of hydrogen-bond donors (Lipinski definition) is 4. The van der Waals surface area contributed by atoms with Gasteiger partial charge in [0.15, 0.2) is 5.78 Å². The van der Waals surface area contributed by atoms with E-state index in [1.165, 1.54) is 12.3 Å². The van der Waals surface area contributed by atoms with Gasteiger partial charge in [0, 0.05) is 53.9 Å². The zero-order chi connectivity index (χ0) is 24.2. The zero-order valence-corrected chi connectivity index (χ0v) is 19.6. The third-order valence-electron chi connectivity index (χ3n) is 4.91. The summed E-state index contributed by atoms with van der Waals surface area (Å²) in [5.74, 6) is -1.73. The van der Waals surface area contributed by atoms with Gasteiger partial charge in [-0.3, -0.25) is 9.52 Å². The molecule has 0 spiro atoms. The number of nitrogens with one attached hydrogen (secondary N) is 4. The van der Waals surface area contributed by atoms with Crippen LogP contribution in [0.5, 0.6) is 0 Å². The lowest BCUT2D eigenvalue weighted by molar-refractivity contribution is 0.103. The summed E-state index contributed by atoms with van der Waals surface area (Å²) in [7, 11) is -2.01. The maximum atomic E-state index is 14.7. The fourth-order valence-corrected chi connectivity index (χ4v) is 4.86. The molecule has 0 atom stereocenters. The molecule has 0 bridgehead atoms. The van der Waals surface area contributed by atoms with Crippen LogP contribution < -0.4 is 10.0 Å². The van der Waals surface area contributed by atoms with Gasteiger partial charge < -0.3 is 15.7 Å². The number of allylic oxidation sites excluding steroid dienone is 1. The Morgan fingerprint density at radius 1 is 1.36 bits per heavy atom. The van der Waals surface area contributed by atoms with Gasteiger partial charge in [-0.15, -0.1) is 0 Å². The molecule has 0 aliphatic heterocycles. The van der Waals surface area contributed by atoms with E-state index in [1.54, 1.807) is 25.5 Å². The van der Waals surface area contributed by atoms with Gasteiger partial charge in [0.25, 0.3) is 0 Å². The van der Waals surface area contributed by atoms with Gasteiger partial charge in [-0.1, -0.05) is 24.9 Å². The first-order valence-electron chi connectivity index (χ1n) is 10.1. The Morgan fingerprint density at radius 3 is 2.79 bits per heavy atom. The number of hydrogen-bond acceptors (Lipinski definition) is 6. The van der Waals surface area contributed by atoms with Gasteiger partial charge in [-0.05, 0) is 24.6 Å². The van der Waals surface area contributed by atoms with Gasteiger partial charge in [-0.2, -0.15) is 0 Å². The van der Waals surface area contributed by atoms with Crippen molar-refractivity contribution in [1.82, 2.24) is 15.3 Å². The Labute approximate surface area is 195 Å². The summed E-state index contributed by atoms with van der Waals surface area (Å²) in [6, 6.07) is 3.84. The van der Waals surface area contributed by atoms with Crippen molar-refractivity contribution in [2.45, 2.75) is 19.8 Å². The second-order valence-electron chi connectivity index (χ2n) is 7.24. The first kappa shape index (κ1) is 24.4. The van der Waals surface area contributed by atoms with Crippen molar-refractivity contribution in [3.05, 3.63) is 64.3 Å². The van der Waals surface area contributed by atoms with Crippen molar-refractivity contribution in [1.29, 1.82) is 5.41 Å². The molecule has 0 amide bonds. The summed E-state index contributed by atoms with van der Waals surface area (Å²) in [6.07, 6.45) is 6.81. The molecule has 8 nitrogen and oxygen atoms in total. The molecule has 33 heavy (non-hydrogen) atoms. The molecule has 11 heteroatoms. The van der Waals surface area contributed by atoms with Crippen LogP contribution in [-0.2, 0) is 10.0 Å². The Kier molecular flexibility index (Phi) is 7.50. The Morgan fingerprint density at radius 2 is 2.12 bits per heavy atom. The Bertz CT molecular complexity index is 1350. The van der Waals surface area contributed by atoms with Crippen molar-refractivity contribution in [2.24, 2.45) is 0 Å². The molecule has 0 saturated heterocycles. The average Bonchev–Trinajstić information content (AvgIpc) is 3.21. The van der Waals surface area contributed by atoms with E-state index in [0.717, 1.165) is 12.3 Å². The lowest BCUT2D eigenvalue weighted by Gasteiger charge is -2.12. The summed E-state index contributed by atoms with van der Waals surface area (Å²) < 4.78 is 41.6. The number of carbonyl (C=O) groups excluding carboxylic acids is 1. The maximum absolute atomic E-state index is 14.7. The number of sulfonamides is 1. The summed E-state index contributed by atoms with van der Waals surface area (Å²) in [4.78, 5) is 20.4. The molecular weight excluding hydrogens is 469 g/mol. The molecule has 2 heterocycles. The number of anilines is 1. The molecule has 0 unspecified atom stereocenters. The minimum Gasteiger partial charge on any atom is -0.393 e. The topological polar surface area (TPSA) is 128 Å². The predicted molar refractivity (Wildman–Crippen MR) is 129 cm³/mol. The summed E-state index contributed by atoms with van der Waals surface area (Å²) in [6.45, 7) is 1.86. The highest BCUT2D eigenvalue weighted by Gasteiger charge is 2.25. The van der Waals surface area contributed by atoms with Crippen LogP contribution in [-0.4, -0.2) is 43.2 Å². The number of rotatable bonds is 10. The number of halogens is 2. The maximum Gasteiger partial charge on any atom is 0.232 e. The average molecular weight is 492 g/mol. The van der Waals surface area contributed by atoms with E-state index in [0.29, 0.717) is 35.0 Å². The molecule has 1 aromatic carbocycles. The third-order valence-corrected chi connectivity index (χ3v) is 6.66. The second-order valence-corrected chi connectivity index (χ2v) is 9.46. The molecule has 0 aliphatic carbocycles. The third kappa shape index (κ3) is 5.23. The number of ketones is 1. The van der Waals surface area contributed by atoms with Crippen molar-refractivity contribution < 1.29 is 17.6 Å². The summed E-state index contributed by atoms with van der Waals surface area (Å²) >= 11 is 6.30. The number of pyridine rings is 1. The van der Waals surface area contributed by atoms with Gasteiger partial charge in [-0.25, -0.2) is 17.8 Å². The smallest absolute Gasteiger partial charge is 0.232 e. The molecule has 174 valence electrons. The molecule has 3 aromatic rings. The molecule has 0 saturated carbocycles. The first-order valence-corrected chi connectivity index (χ1v) is 12.1. The highest BCUT2D eigenvalue weighted by atomic mass is 35.5. The Hall–Kier alpha value is -3.24. The van der Waals surface area contributed by atoms with Crippen LogP contribution >= 0.6 is 11.6 Å². The van der Waals surface area contributed by atoms with Gasteiger partial charge in [0.05, 0.1) is 22.0 Å². The standard InChI is InChI=1S/C22H23ClFN5O3S/c1-3-4-7-33(31,32)29-18-6-5-17(24)19(20(18)23)21(30)16-12-28-22-15(16)8-13(11-27-22)14(9-25)10-26-2/h5-6,8-12,25-26,29H,3-4,7H2,1-2H3,(H,27,28)/b14-10+,25-9?. The van der Waals surface area contributed by atoms with Crippen molar-refractivity contribution in [3.63, 3.8) is 0 Å². The number of fused-ring (bicyclic) bond motifs is 1. The van der Waals surface area contributed by atoms with Crippen LogP contribution in [0.15, 0.2) is 36.8 Å². The van der Waals surface area contributed by atoms with Crippen LogP contribution in [0.3, 0.4) is 0 Å². The van der Waals surface area contributed by atoms with Crippen LogP contribution in [0, 0.1) is 11.2 Å². The van der Waals surface area contributed by atoms with Crippen LogP contribution in [0.25, 0.3) is 16.6 Å². The zero-order valence-electron chi connectivity index (χ0n) is 18.0. The second kappa shape index (κ2) is 10.1. The van der Waals surface area contributed by atoms with Crippen molar-refractivity contribution in [2.75, 3.05) is 17.5 Å². The van der Waals surface area contributed by atoms with Crippen LogP contribution in [0.4, 0.5) is 10.1 Å². The van der Waals surface area contributed by atoms with Crippen LogP contribution in [0.2, 0.25) is 5.02 Å². The number of H-pyrrole nitrogens is 1. The van der Waals surface area contributed by atoms with Gasteiger partial charge in [0.2, 0.25) is 10.0 Å². The quantitative estimate of drug-likeness (QED) is 0.248. The molecular formula is C22H23ClFN5O3S. The van der Waals surface area contributed by atoms with E-state index < -0.39 is 27.2 Å². The number of benzene rings is 1. The number of aromatic amines is 1. The molecule has 0 aliphatic rings. The van der Waals surface area contributed by atoms with E-state index in [1.807, 2.05) is 6.92 Å². The minimum absolute atomic E-state index is 0.0702. The molecule has 2 aromatic heterocycles. The fraction of sp³-hybridized carbons (Fsp3) is 0.227. The van der Waals surface area contributed by atoms with E-state index in [-0.39, 0.29) is 22.0 Å². The monoisotopic (exact) mass is 491 g/mol. The minimum atomic E-state index is -3.70. The normalized spacial score (nSPS) is 12.1. The van der Waals surface area contributed by atoms with E-state index >= 15 is 0 Å². The largest absolute Gasteiger partial charge is 0.393 e. The van der Waals surface area contributed by atoms with E-state index in [2.05, 4.69) is 20.0 Å². The highest BCUT2D eigenvalue weighted by molar-refractivity contribution is 7.92. The van der Waals surface area contributed by atoms with Crippen molar-refractivity contribution >= 4 is 55.9 Å². The number of unbranched alkanes of at least 4 members (excludes halogenated alkanes) is 1. The lowest BCUT2D eigenvalue weighted by atomic mass is 10.0. The molecule has 4 N–H and O–H groups in total. The number of aromatic nitrogens is 2. The summed E-state index contributed by atoms with van der Waals surface area (Å²) in [5.41, 5.74) is 1.09. The Balaban J connectivity index is 2.07. The number of nitrogens with zero attached hydrogens (tertiary/aromatic N) is 1. The van der Waals surface area contributed by atoms with E-state index in [4.69, 9.17) is 17.0 Å².